The van der Waals surface area contributed by atoms with Crippen molar-refractivity contribution in [3.63, 3.8) is 0 Å². The molecule has 1 heterocycles. The van der Waals surface area contributed by atoms with Crippen LogP contribution < -0.4 is 0 Å². The van der Waals surface area contributed by atoms with Gasteiger partial charge in [-0.2, -0.15) is 0 Å². The fourth-order valence-electron chi connectivity index (χ4n) is 1.85. The molecule has 16 heavy (non-hydrogen) atoms. The Labute approximate surface area is 98.5 Å². The molecule has 0 spiro atoms. The van der Waals surface area contributed by atoms with Crippen LogP contribution in [0.5, 0.6) is 0 Å². The highest BCUT2D eigenvalue weighted by Crippen LogP contribution is 2.29. The molecule has 0 N–H and O–H groups in total. The number of ether oxygens (including phenoxy) is 1. The summed E-state index contributed by atoms with van der Waals surface area (Å²) in [5.41, 5.74) is 1.18. The van der Waals surface area contributed by atoms with Crippen molar-refractivity contribution in [3.8, 4) is 0 Å². The lowest BCUT2D eigenvalue weighted by Crippen LogP contribution is -2.37. The Kier molecular flexibility index (Phi) is 4.54. The molecule has 0 aromatic heterocycles. The van der Waals surface area contributed by atoms with E-state index in [1.807, 2.05) is 6.08 Å². The molecule has 0 bridgehead atoms. The highest BCUT2D eigenvalue weighted by atomic mass is 16.5. The van der Waals surface area contributed by atoms with Crippen LogP contribution in [0.4, 0.5) is 0 Å². The third-order valence-electron chi connectivity index (χ3n) is 3.37. The van der Waals surface area contributed by atoms with E-state index in [0.29, 0.717) is 11.0 Å². The second-order valence-corrected chi connectivity index (χ2v) is 5.34. The predicted octanol–water partition coefficient (Wildman–Crippen LogP) is 2.23. The van der Waals surface area contributed by atoms with Crippen molar-refractivity contribution in [2.45, 2.75) is 33.6 Å². The van der Waals surface area contributed by atoms with Crippen LogP contribution in [0.3, 0.4) is 0 Å². The average molecular weight is 225 g/mol. The maximum atomic E-state index is 11.2. The van der Waals surface area contributed by atoms with Crippen LogP contribution in [-0.4, -0.2) is 37.6 Å². The summed E-state index contributed by atoms with van der Waals surface area (Å²) in [4.78, 5) is 13.6. The Bertz CT molecular complexity index is 272. The van der Waals surface area contributed by atoms with Gasteiger partial charge in [0.05, 0.1) is 7.11 Å². The molecule has 0 atom stereocenters. The number of rotatable bonds is 3. The first-order valence-corrected chi connectivity index (χ1v) is 5.92. The molecule has 0 saturated carbocycles. The van der Waals surface area contributed by atoms with Gasteiger partial charge in [-0.15, -0.1) is 0 Å². The average Bonchev–Trinajstić information content (AvgIpc) is 2.26. The number of esters is 1. The summed E-state index contributed by atoms with van der Waals surface area (Å²) < 4.78 is 4.66. The highest BCUT2D eigenvalue weighted by Gasteiger charge is 2.24. The van der Waals surface area contributed by atoms with Crippen molar-refractivity contribution in [1.29, 1.82) is 0 Å². The van der Waals surface area contributed by atoms with E-state index >= 15 is 0 Å². The Hall–Kier alpha value is -0.830. The van der Waals surface area contributed by atoms with Crippen LogP contribution in [0, 0.1) is 5.41 Å². The highest BCUT2D eigenvalue weighted by molar-refractivity contribution is 5.87. The van der Waals surface area contributed by atoms with E-state index in [1.54, 1.807) is 6.92 Å². The number of carbonyl (C=O) groups is 1. The van der Waals surface area contributed by atoms with E-state index in [4.69, 9.17) is 0 Å². The molecule has 1 saturated heterocycles. The van der Waals surface area contributed by atoms with Crippen molar-refractivity contribution in [2.24, 2.45) is 5.41 Å². The zero-order chi connectivity index (χ0) is 12.2. The number of piperidine rings is 1. The second-order valence-electron chi connectivity index (χ2n) is 5.34. The molecule has 3 heteroatoms. The quantitative estimate of drug-likeness (QED) is 0.545. The summed E-state index contributed by atoms with van der Waals surface area (Å²) >= 11 is 0. The van der Waals surface area contributed by atoms with Crippen LogP contribution >= 0.6 is 0 Å². The molecule has 0 aromatic rings. The molecule has 0 aliphatic carbocycles. The van der Waals surface area contributed by atoms with Gasteiger partial charge in [-0.25, -0.2) is 4.79 Å². The van der Waals surface area contributed by atoms with Gasteiger partial charge in [0.15, 0.2) is 0 Å². The molecular formula is C13H23NO2. The van der Waals surface area contributed by atoms with E-state index in [0.717, 1.165) is 19.6 Å². The third-order valence-corrected chi connectivity index (χ3v) is 3.37. The van der Waals surface area contributed by atoms with Crippen molar-refractivity contribution in [2.75, 3.05) is 26.7 Å². The monoisotopic (exact) mass is 225 g/mol. The minimum absolute atomic E-state index is 0.225. The Morgan fingerprint density at radius 3 is 2.44 bits per heavy atom. The van der Waals surface area contributed by atoms with Crippen LogP contribution in [-0.2, 0) is 9.53 Å². The van der Waals surface area contributed by atoms with Gasteiger partial charge in [0.2, 0.25) is 0 Å². The lowest BCUT2D eigenvalue weighted by Gasteiger charge is -2.36. The Balaban J connectivity index is 2.37. The molecule has 0 unspecified atom stereocenters. The SMILES string of the molecule is COC(=O)C(C)=CCN1CCC(C)(C)CC1. The van der Waals surface area contributed by atoms with E-state index in [9.17, 15) is 4.79 Å². The number of hydrogen-bond donors (Lipinski definition) is 0. The number of hydrogen-bond acceptors (Lipinski definition) is 3. The molecule has 0 aromatic carbocycles. The van der Waals surface area contributed by atoms with Crippen LogP contribution in [0.2, 0.25) is 0 Å². The van der Waals surface area contributed by atoms with Gasteiger partial charge in [0.1, 0.15) is 0 Å². The lowest BCUT2D eigenvalue weighted by molar-refractivity contribution is -0.136. The second kappa shape index (κ2) is 5.48. The maximum absolute atomic E-state index is 11.2. The van der Waals surface area contributed by atoms with Crippen molar-refractivity contribution in [3.05, 3.63) is 11.6 Å². The normalized spacial score (nSPS) is 21.9. The molecule has 1 aliphatic rings. The predicted molar refractivity (Wildman–Crippen MR) is 65.2 cm³/mol. The van der Waals surface area contributed by atoms with Gasteiger partial charge in [-0.1, -0.05) is 19.9 Å². The minimum atomic E-state index is -0.225. The summed E-state index contributed by atoms with van der Waals surface area (Å²) in [5, 5.41) is 0. The molecule has 1 rings (SSSR count). The largest absolute Gasteiger partial charge is 0.466 e. The fraction of sp³-hybridized carbons (Fsp3) is 0.769. The molecule has 0 amide bonds. The first kappa shape index (κ1) is 13.2. The molecule has 1 aliphatic heterocycles. The standard InChI is InChI=1S/C13H23NO2/c1-11(12(15)16-4)5-8-14-9-6-13(2,3)7-10-14/h5H,6-10H2,1-4H3. The lowest BCUT2D eigenvalue weighted by atomic mass is 9.83. The number of methoxy groups -OCH3 is 1. The Morgan fingerprint density at radius 1 is 1.38 bits per heavy atom. The van der Waals surface area contributed by atoms with E-state index < -0.39 is 0 Å². The first-order chi connectivity index (χ1) is 7.44. The van der Waals surface area contributed by atoms with E-state index in [-0.39, 0.29) is 5.97 Å². The molecule has 92 valence electrons. The molecular weight excluding hydrogens is 202 g/mol. The summed E-state index contributed by atoms with van der Waals surface area (Å²) in [6.07, 6.45) is 4.43. The summed E-state index contributed by atoms with van der Waals surface area (Å²) in [5.74, 6) is -0.225. The van der Waals surface area contributed by atoms with Gasteiger partial charge < -0.3 is 4.74 Å². The molecule has 1 fully saturated rings. The topological polar surface area (TPSA) is 29.5 Å². The van der Waals surface area contributed by atoms with Crippen molar-refractivity contribution >= 4 is 5.97 Å². The van der Waals surface area contributed by atoms with Gasteiger partial charge in [0, 0.05) is 12.1 Å². The van der Waals surface area contributed by atoms with Crippen molar-refractivity contribution < 1.29 is 9.53 Å². The summed E-state index contributed by atoms with van der Waals surface area (Å²) in [6.45, 7) is 9.55. The smallest absolute Gasteiger partial charge is 0.333 e. The van der Waals surface area contributed by atoms with Gasteiger partial charge >= 0.3 is 5.97 Å². The minimum Gasteiger partial charge on any atom is -0.466 e. The van der Waals surface area contributed by atoms with Crippen LogP contribution in [0.1, 0.15) is 33.6 Å². The molecule has 0 radical (unpaired) electrons. The van der Waals surface area contributed by atoms with Crippen LogP contribution in [0.25, 0.3) is 0 Å². The first-order valence-electron chi connectivity index (χ1n) is 5.92. The zero-order valence-corrected chi connectivity index (χ0v) is 10.9. The van der Waals surface area contributed by atoms with E-state index in [2.05, 4.69) is 23.5 Å². The van der Waals surface area contributed by atoms with Gasteiger partial charge in [-0.3, -0.25) is 4.90 Å². The van der Waals surface area contributed by atoms with Crippen LogP contribution in [0.15, 0.2) is 11.6 Å². The van der Waals surface area contributed by atoms with E-state index in [1.165, 1.54) is 20.0 Å². The Morgan fingerprint density at radius 2 is 1.94 bits per heavy atom. The van der Waals surface area contributed by atoms with Crippen molar-refractivity contribution in [1.82, 2.24) is 4.90 Å². The summed E-state index contributed by atoms with van der Waals surface area (Å²) in [6, 6.07) is 0. The number of carbonyl (C=O) groups excluding carboxylic acids is 1. The number of likely N-dealkylation sites (tertiary alicyclic amines) is 1. The number of nitrogens with zero attached hydrogens (tertiary/aromatic N) is 1. The zero-order valence-electron chi connectivity index (χ0n) is 10.9. The van der Waals surface area contributed by atoms with Gasteiger partial charge in [-0.05, 0) is 38.3 Å². The fourth-order valence-corrected chi connectivity index (χ4v) is 1.85. The third kappa shape index (κ3) is 3.97. The molecule has 3 nitrogen and oxygen atoms in total. The maximum Gasteiger partial charge on any atom is 0.333 e. The van der Waals surface area contributed by atoms with Gasteiger partial charge in [0.25, 0.3) is 0 Å². The summed E-state index contributed by atoms with van der Waals surface area (Å²) in [7, 11) is 1.42.